The maximum Gasteiger partial charge on any atom is 0.185 e. The van der Waals surface area contributed by atoms with Gasteiger partial charge in [-0.15, -0.1) is 0 Å². The molecule has 0 heterocycles. The van der Waals surface area contributed by atoms with Crippen LogP contribution in [0.5, 0.6) is 0 Å². The molecule has 1 atom stereocenters. The van der Waals surface area contributed by atoms with Gasteiger partial charge >= 0.3 is 0 Å². The number of hydroxylamine groups is 1. The molecule has 1 aromatic carbocycles. The summed E-state index contributed by atoms with van der Waals surface area (Å²) in [6, 6.07) is 4.50. The first-order valence-corrected chi connectivity index (χ1v) is 8.67. The lowest BCUT2D eigenvalue weighted by Gasteiger charge is -2.25. The monoisotopic (exact) mass is 303 g/mol. The highest BCUT2D eigenvalue weighted by molar-refractivity contribution is 5.51. The van der Waals surface area contributed by atoms with Crippen LogP contribution < -0.4 is 0 Å². The van der Waals surface area contributed by atoms with Crippen LogP contribution in [0.1, 0.15) is 108 Å². The summed E-state index contributed by atoms with van der Waals surface area (Å²) < 4.78 is 1.13. The Balaban J connectivity index is 3.61. The minimum Gasteiger partial charge on any atom is -0.624 e. The molecule has 0 fully saturated rings. The second-order valence-electron chi connectivity index (χ2n) is 7.20. The van der Waals surface area contributed by atoms with Crippen LogP contribution in [0, 0.1) is 5.21 Å². The van der Waals surface area contributed by atoms with E-state index in [0.29, 0.717) is 17.8 Å². The smallest absolute Gasteiger partial charge is 0.185 e. The second kappa shape index (κ2) is 7.80. The van der Waals surface area contributed by atoms with Crippen LogP contribution >= 0.6 is 0 Å². The molecular weight excluding hydrogens is 270 g/mol. The molecule has 0 amide bonds. The second-order valence-corrected chi connectivity index (χ2v) is 7.20. The summed E-state index contributed by atoms with van der Waals surface area (Å²) in [5.41, 5.74) is 5.26. The van der Waals surface area contributed by atoms with E-state index in [2.05, 4.69) is 53.7 Å². The fourth-order valence-electron chi connectivity index (χ4n) is 2.96. The van der Waals surface area contributed by atoms with E-state index in [9.17, 15) is 5.21 Å². The first-order chi connectivity index (χ1) is 10.2. The van der Waals surface area contributed by atoms with E-state index in [-0.39, 0.29) is 6.04 Å². The Morgan fingerprint density at radius 3 is 1.68 bits per heavy atom. The summed E-state index contributed by atoms with van der Waals surface area (Å²) in [7, 11) is 0. The van der Waals surface area contributed by atoms with Gasteiger partial charge in [0.05, 0.1) is 0 Å². The van der Waals surface area contributed by atoms with Crippen LogP contribution in [0.3, 0.4) is 0 Å². The van der Waals surface area contributed by atoms with E-state index in [1.807, 2.05) is 13.8 Å². The third-order valence-electron chi connectivity index (χ3n) is 4.34. The molecule has 0 aliphatic rings. The van der Waals surface area contributed by atoms with Gasteiger partial charge in [0, 0.05) is 18.9 Å². The molecule has 0 N–H and O–H groups in total. The van der Waals surface area contributed by atoms with E-state index < -0.39 is 0 Å². The van der Waals surface area contributed by atoms with Crippen molar-refractivity contribution in [2.24, 2.45) is 0 Å². The minimum absolute atomic E-state index is 0.129. The molecule has 0 aliphatic carbocycles. The molecule has 0 saturated heterocycles. The molecule has 1 rings (SSSR count). The number of nitrogens with zero attached hydrogens (tertiary/aromatic N) is 1. The average molecular weight is 303 g/mol. The van der Waals surface area contributed by atoms with Crippen LogP contribution in [0.2, 0.25) is 0 Å². The summed E-state index contributed by atoms with van der Waals surface area (Å²) in [6.45, 7) is 17.4. The van der Waals surface area contributed by atoms with Crippen LogP contribution in [-0.4, -0.2) is 11.0 Å². The lowest BCUT2D eigenvalue weighted by molar-refractivity contribution is -0.499. The lowest BCUT2D eigenvalue weighted by Crippen LogP contribution is -2.17. The maximum absolute atomic E-state index is 12.4. The molecule has 0 spiro atoms. The zero-order valence-corrected chi connectivity index (χ0v) is 15.6. The molecule has 1 aromatic rings. The third-order valence-corrected chi connectivity index (χ3v) is 4.34. The van der Waals surface area contributed by atoms with E-state index >= 15 is 0 Å². The summed E-state index contributed by atoms with van der Waals surface area (Å²) in [5.74, 6) is 1.34. The summed E-state index contributed by atoms with van der Waals surface area (Å²) in [6.07, 6.45) is 2.52. The van der Waals surface area contributed by atoms with Crippen molar-refractivity contribution in [1.29, 1.82) is 0 Å². The van der Waals surface area contributed by atoms with Crippen molar-refractivity contribution in [2.45, 2.75) is 85.6 Å². The normalized spacial score (nSPS) is 14.2. The molecule has 0 unspecified atom stereocenters. The van der Waals surface area contributed by atoms with Gasteiger partial charge in [0.2, 0.25) is 0 Å². The highest BCUT2D eigenvalue weighted by atomic mass is 16.5. The van der Waals surface area contributed by atoms with Gasteiger partial charge in [0.15, 0.2) is 12.3 Å². The van der Waals surface area contributed by atoms with Crippen molar-refractivity contribution in [3.05, 3.63) is 39.6 Å². The molecular formula is C20H33NO. The van der Waals surface area contributed by atoms with Gasteiger partial charge in [-0.3, -0.25) is 0 Å². The highest BCUT2D eigenvalue weighted by Crippen LogP contribution is 2.36. The average Bonchev–Trinajstić information content (AvgIpc) is 2.44. The van der Waals surface area contributed by atoms with Crippen LogP contribution in [-0.2, 0) is 0 Å². The zero-order chi connectivity index (χ0) is 17.0. The molecule has 0 radical (unpaired) electrons. The van der Waals surface area contributed by atoms with E-state index in [4.69, 9.17) is 0 Å². The quantitative estimate of drug-likeness (QED) is 0.269. The maximum atomic E-state index is 12.4. The molecule has 124 valence electrons. The van der Waals surface area contributed by atoms with Gasteiger partial charge < -0.3 is 5.21 Å². The number of rotatable bonds is 6. The minimum atomic E-state index is -0.129. The van der Waals surface area contributed by atoms with Crippen molar-refractivity contribution in [1.82, 2.24) is 0 Å². The number of benzene rings is 1. The zero-order valence-electron chi connectivity index (χ0n) is 15.6. The standard InChI is InChI=1S/C20H33NO/c1-9-10-21(22)16(8)20-18(14(4)5)11-17(13(2)3)12-19(20)15(6)7/h10-16H,9H2,1-8H3/b21-10-/t16-/m0/s1. The van der Waals surface area contributed by atoms with Crippen molar-refractivity contribution in [3.63, 3.8) is 0 Å². The van der Waals surface area contributed by atoms with Crippen molar-refractivity contribution in [2.75, 3.05) is 0 Å². The van der Waals surface area contributed by atoms with Gasteiger partial charge in [0.1, 0.15) is 0 Å². The van der Waals surface area contributed by atoms with Gasteiger partial charge in [0.25, 0.3) is 0 Å². The highest BCUT2D eigenvalue weighted by Gasteiger charge is 2.25. The lowest BCUT2D eigenvalue weighted by atomic mass is 9.82. The SMILES string of the molecule is CC/C=[N+](\[O-])[C@@H](C)c1c(C(C)C)cc(C(C)C)cc1C(C)C. The van der Waals surface area contributed by atoms with Gasteiger partial charge in [-0.2, -0.15) is 0 Å². The molecule has 0 bridgehead atoms. The van der Waals surface area contributed by atoms with E-state index in [1.165, 1.54) is 22.3 Å². The third kappa shape index (κ3) is 4.12. The Labute approximate surface area is 136 Å². The first kappa shape index (κ1) is 18.7. The fourth-order valence-corrected chi connectivity index (χ4v) is 2.96. The number of hydrogen-bond acceptors (Lipinski definition) is 1. The van der Waals surface area contributed by atoms with Crippen molar-refractivity contribution >= 4 is 6.21 Å². The molecule has 0 aliphatic heterocycles. The fraction of sp³-hybridized carbons (Fsp3) is 0.650. The van der Waals surface area contributed by atoms with Gasteiger partial charge in [-0.1, -0.05) is 60.6 Å². The predicted octanol–water partition coefficient (Wildman–Crippen LogP) is 6.11. The Bertz CT molecular complexity index is 498. The van der Waals surface area contributed by atoms with Crippen molar-refractivity contribution in [3.8, 4) is 0 Å². The van der Waals surface area contributed by atoms with E-state index in [0.717, 1.165) is 11.2 Å². The Morgan fingerprint density at radius 1 is 0.909 bits per heavy atom. The summed E-state index contributed by atoms with van der Waals surface area (Å²) in [4.78, 5) is 0. The predicted molar refractivity (Wildman–Crippen MR) is 97.1 cm³/mol. The first-order valence-electron chi connectivity index (χ1n) is 8.67. The Hall–Kier alpha value is -1.31. The van der Waals surface area contributed by atoms with Crippen LogP contribution in [0.25, 0.3) is 0 Å². The molecule has 0 saturated carbocycles. The van der Waals surface area contributed by atoms with Crippen LogP contribution in [0.15, 0.2) is 12.1 Å². The van der Waals surface area contributed by atoms with Gasteiger partial charge in [-0.25, -0.2) is 4.74 Å². The summed E-state index contributed by atoms with van der Waals surface area (Å²) >= 11 is 0. The van der Waals surface area contributed by atoms with E-state index in [1.54, 1.807) is 6.21 Å². The Morgan fingerprint density at radius 2 is 1.36 bits per heavy atom. The largest absolute Gasteiger partial charge is 0.624 e. The van der Waals surface area contributed by atoms with Crippen molar-refractivity contribution < 1.29 is 4.74 Å². The van der Waals surface area contributed by atoms with Gasteiger partial charge in [-0.05, 0) is 34.4 Å². The molecule has 2 heteroatoms. The topological polar surface area (TPSA) is 26.1 Å². The Kier molecular flexibility index (Phi) is 6.65. The van der Waals surface area contributed by atoms with Crippen LogP contribution in [0.4, 0.5) is 0 Å². The molecule has 2 nitrogen and oxygen atoms in total. The molecule has 22 heavy (non-hydrogen) atoms. The molecule has 0 aromatic heterocycles. The number of hydrogen-bond donors (Lipinski definition) is 0. The summed E-state index contributed by atoms with van der Waals surface area (Å²) in [5, 5.41) is 12.4.